The van der Waals surface area contributed by atoms with Gasteiger partial charge in [-0.25, -0.2) is 9.97 Å². The molecule has 0 saturated heterocycles. The summed E-state index contributed by atoms with van der Waals surface area (Å²) in [4.78, 5) is 20.2. The van der Waals surface area contributed by atoms with Crippen molar-refractivity contribution in [2.24, 2.45) is 7.05 Å². The summed E-state index contributed by atoms with van der Waals surface area (Å²) in [7, 11) is 3.32. The number of thiophene rings is 1. The fraction of sp³-hybridized carbons (Fsp3) is 0.154. The maximum absolute atomic E-state index is 12.3. The molecule has 0 fully saturated rings. The fourth-order valence-corrected chi connectivity index (χ4v) is 3.20. The number of aryl methyl sites for hydroxylation is 1. The highest BCUT2D eigenvalue weighted by atomic mass is 35.5. The third-order valence-electron chi connectivity index (χ3n) is 3.03. The number of carbonyl (C=O) groups is 1. The third kappa shape index (κ3) is 2.57. The molecule has 1 amide bonds. The number of hydrogen-bond acceptors (Lipinski definition) is 5. The van der Waals surface area contributed by atoms with Crippen LogP contribution in [0.1, 0.15) is 10.5 Å². The van der Waals surface area contributed by atoms with Gasteiger partial charge < -0.3 is 14.6 Å². The molecule has 0 aliphatic heterocycles. The van der Waals surface area contributed by atoms with Crippen LogP contribution in [0.5, 0.6) is 5.88 Å². The quantitative estimate of drug-likeness (QED) is 0.805. The summed E-state index contributed by atoms with van der Waals surface area (Å²) in [6, 6.07) is 5.20. The van der Waals surface area contributed by atoms with E-state index in [1.807, 2.05) is 13.1 Å². The van der Waals surface area contributed by atoms with Crippen LogP contribution in [0.4, 0.5) is 5.82 Å². The summed E-state index contributed by atoms with van der Waals surface area (Å²) >= 11 is 7.40. The number of nitrogens with one attached hydrogen (secondary N) is 1. The van der Waals surface area contributed by atoms with Crippen LogP contribution in [0.25, 0.3) is 10.2 Å². The van der Waals surface area contributed by atoms with Gasteiger partial charge in [0, 0.05) is 13.1 Å². The van der Waals surface area contributed by atoms with Crippen molar-refractivity contribution in [3.05, 3.63) is 34.6 Å². The summed E-state index contributed by atoms with van der Waals surface area (Å²) in [6.45, 7) is 0. The highest BCUT2D eigenvalue weighted by molar-refractivity contribution is 7.22. The highest BCUT2D eigenvalue weighted by Gasteiger charge is 2.16. The van der Waals surface area contributed by atoms with Crippen LogP contribution in [-0.4, -0.2) is 27.6 Å². The monoisotopic (exact) mass is 322 g/mol. The highest BCUT2D eigenvalue weighted by Crippen LogP contribution is 2.31. The largest absolute Gasteiger partial charge is 0.481 e. The van der Waals surface area contributed by atoms with E-state index in [0.717, 1.165) is 10.2 Å². The average Bonchev–Trinajstić information content (AvgIpc) is 2.97. The Balaban J connectivity index is 1.89. The van der Waals surface area contributed by atoms with Crippen molar-refractivity contribution in [3.63, 3.8) is 0 Å². The molecule has 3 aromatic heterocycles. The number of amides is 1. The van der Waals surface area contributed by atoms with Crippen molar-refractivity contribution in [2.45, 2.75) is 0 Å². The minimum Gasteiger partial charge on any atom is -0.481 e. The SMILES string of the molecule is COc1cc(NC(=O)c2cc3sc(Cl)cc3n2C)ncn1. The topological polar surface area (TPSA) is 69.0 Å². The molecule has 8 heteroatoms. The van der Waals surface area contributed by atoms with Crippen LogP contribution >= 0.6 is 22.9 Å². The first-order valence-corrected chi connectivity index (χ1v) is 7.20. The molecule has 108 valence electrons. The molecule has 21 heavy (non-hydrogen) atoms. The molecule has 0 radical (unpaired) electrons. The first-order chi connectivity index (χ1) is 10.1. The molecule has 0 aromatic carbocycles. The van der Waals surface area contributed by atoms with Crippen molar-refractivity contribution >= 4 is 44.9 Å². The molecule has 6 nitrogen and oxygen atoms in total. The maximum atomic E-state index is 12.3. The van der Waals surface area contributed by atoms with E-state index in [0.29, 0.717) is 21.7 Å². The standard InChI is InChI=1S/C13H11ClN4O2S/c1-18-7-4-10(14)21-9(7)3-8(18)13(19)17-11-5-12(20-2)16-6-15-11/h3-6H,1-2H3,(H,15,16,17,19). The Morgan fingerprint density at radius 2 is 2.19 bits per heavy atom. The van der Waals surface area contributed by atoms with Crippen molar-refractivity contribution < 1.29 is 9.53 Å². The number of carbonyl (C=O) groups excluding carboxylic acids is 1. The Hall–Kier alpha value is -2.12. The van der Waals surface area contributed by atoms with Gasteiger partial charge in [-0.05, 0) is 12.1 Å². The van der Waals surface area contributed by atoms with Crippen molar-refractivity contribution in [1.82, 2.24) is 14.5 Å². The number of halogens is 1. The molecule has 0 aliphatic carbocycles. The first kappa shape index (κ1) is 13.8. The van der Waals surface area contributed by atoms with Crippen LogP contribution in [0, 0.1) is 0 Å². The number of ether oxygens (including phenoxy) is 1. The molecular formula is C13H11ClN4O2S. The Labute approximate surface area is 129 Å². The van der Waals surface area contributed by atoms with Crippen LogP contribution in [-0.2, 0) is 7.05 Å². The number of methoxy groups -OCH3 is 1. The summed E-state index contributed by atoms with van der Waals surface area (Å²) in [5.74, 6) is 0.521. The second-order valence-electron chi connectivity index (χ2n) is 4.29. The van der Waals surface area contributed by atoms with Crippen molar-refractivity contribution in [3.8, 4) is 5.88 Å². The predicted molar refractivity (Wildman–Crippen MR) is 82.3 cm³/mol. The molecular weight excluding hydrogens is 312 g/mol. The third-order valence-corrected chi connectivity index (χ3v) is 4.23. The summed E-state index contributed by atoms with van der Waals surface area (Å²) in [5.41, 5.74) is 1.46. The number of nitrogens with zero attached hydrogens (tertiary/aromatic N) is 3. The molecule has 0 unspecified atom stereocenters. The molecule has 1 N–H and O–H groups in total. The van der Waals surface area contributed by atoms with E-state index in [4.69, 9.17) is 16.3 Å². The van der Waals surface area contributed by atoms with E-state index in [-0.39, 0.29) is 5.91 Å². The number of anilines is 1. The normalized spacial score (nSPS) is 10.8. The number of hydrogen-bond donors (Lipinski definition) is 1. The van der Waals surface area contributed by atoms with E-state index in [9.17, 15) is 4.79 Å². The summed E-state index contributed by atoms with van der Waals surface area (Å²) < 4.78 is 8.45. The first-order valence-electron chi connectivity index (χ1n) is 6.00. The smallest absolute Gasteiger partial charge is 0.273 e. The van der Waals surface area contributed by atoms with Gasteiger partial charge in [-0.3, -0.25) is 4.79 Å². The van der Waals surface area contributed by atoms with Gasteiger partial charge in [-0.2, -0.15) is 0 Å². The molecule has 0 bridgehead atoms. The van der Waals surface area contributed by atoms with E-state index in [1.165, 1.54) is 24.8 Å². The summed E-state index contributed by atoms with van der Waals surface area (Å²) in [5, 5.41) is 2.72. The van der Waals surface area contributed by atoms with Gasteiger partial charge in [0.2, 0.25) is 5.88 Å². The average molecular weight is 323 g/mol. The Bertz CT molecular complexity index is 827. The summed E-state index contributed by atoms with van der Waals surface area (Å²) in [6.07, 6.45) is 1.33. The lowest BCUT2D eigenvalue weighted by Gasteiger charge is -2.06. The number of fused-ring (bicyclic) bond motifs is 1. The van der Waals surface area contributed by atoms with Crippen LogP contribution in [0.2, 0.25) is 4.34 Å². The van der Waals surface area contributed by atoms with Gasteiger partial charge in [-0.1, -0.05) is 11.6 Å². The molecule has 3 rings (SSSR count). The predicted octanol–water partition coefficient (Wildman–Crippen LogP) is 2.94. The molecule has 0 spiro atoms. The van der Waals surface area contributed by atoms with Crippen molar-refractivity contribution in [2.75, 3.05) is 12.4 Å². The zero-order valence-corrected chi connectivity index (χ0v) is 12.8. The second kappa shape index (κ2) is 5.34. The van der Waals surface area contributed by atoms with Crippen LogP contribution in [0.15, 0.2) is 24.5 Å². The minimum atomic E-state index is -0.252. The van der Waals surface area contributed by atoms with Crippen LogP contribution in [0.3, 0.4) is 0 Å². The van der Waals surface area contributed by atoms with Gasteiger partial charge in [0.15, 0.2) is 0 Å². The lowest BCUT2D eigenvalue weighted by molar-refractivity contribution is 0.101. The molecule has 3 aromatic rings. The van der Waals surface area contributed by atoms with E-state index < -0.39 is 0 Å². The Kier molecular flexibility index (Phi) is 3.52. The number of aromatic nitrogens is 3. The molecule has 0 atom stereocenters. The second-order valence-corrected chi connectivity index (χ2v) is 6.00. The zero-order valence-electron chi connectivity index (χ0n) is 11.3. The zero-order chi connectivity index (χ0) is 15.0. The van der Waals surface area contributed by atoms with Gasteiger partial charge >= 0.3 is 0 Å². The van der Waals surface area contributed by atoms with Gasteiger partial charge in [0.05, 0.1) is 21.7 Å². The number of rotatable bonds is 3. The molecule has 3 heterocycles. The maximum Gasteiger partial charge on any atom is 0.273 e. The molecule has 0 aliphatic rings. The van der Waals surface area contributed by atoms with E-state index in [1.54, 1.807) is 16.7 Å². The lowest BCUT2D eigenvalue weighted by Crippen LogP contribution is -2.16. The van der Waals surface area contributed by atoms with Gasteiger partial charge in [0.25, 0.3) is 5.91 Å². The Morgan fingerprint density at radius 1 is 1.38 bits per heavy atom. The van der Waals surface area contributed by atoms with Crippen LogP contribution < -0.4 is 10.1 Å². The fourth-order valence-electron chi connectivity index (χ4n) is 2.00. The van der Waals surface area contributed by atoms with Gasteiger partial charge in [-0.15, -0.1) is 11.3 Å². The van der Waals surface area contributed by atoms with E-state index in [2.05, 4.69) is 15.3 Å². The lowest BCUT2D eigenvalue weighted by atomic mass is 10.4. The van der Waals surface area contributed by atoms with Crippen molar-refractivity contribution in [1.29, 1.82) is 0 Å². The molecule has 0 saturated carbocycles. The Morgan fingerprint density at radius 3 is 2.90 bits per heavy atom. The minimum absolute atomic E-state index is 0.252. The van der Waals surface area contributed by atoms with Gasteiger partial charge in [0.1, 0.15) is 17.8 Å². The van der Waals surface area contributed by atoms with E-state index >= 15 is 0 Å².